The predicted octanol–water partition coefficient (Wildman–Crippen LogP) is -2.36. The van der Waals surface area contributed by atoms with Crippen LogP contribution < -0.4 is 5.32 Å². The van der Waals surface area contributed by atoms with Crippen molar-refractivity contribution in [3.8, 4) is 0 Å². The molecule has 1 amide bonds. The summed E-state index contributed by atoms with van der Waals surface area (Å²) in [6.07, 6.45) is -10.8. The molecule has 2 unspecified atom stereocenters. The summed E-state index contributed by atoms with van der Waals surface area (Å²) in [7, 11) is 0. The van der Waals surface area contributed by atoms with Crippen LogP contribution in [0.25, 0.3) is 0 Å². The molecule has 10 atom stereocenters. The highest BCUT2D eigenvalue weighted by Gasteiger charge is 2.50. The van der Waals surface area contributed by atoms with Crippen molar-refractivity contribution < 1.29 is 49.3 Å². The molecule has 2 saturated heterocycles. The number of nitrogens with one attached hydrogen (secondary N) is 1. The maximum absolute atomic E-state index is 11.6. The van der Waals surface area contributed by atoms with Gasteiger partial charge in [0.1, 0.15) is 48.8 Å². The summed E-state index contributed by atoms with van der Waals surface area (Å²) in [4.78, 5) is 11.6. The van der Waals surface area contributed by atoms with Gasteiger partial charge in [0, 0.05) is 19.6 Å². The Labute approximate surface area is 175 Å². The molecule has 11 nitrogen and oxygen atoms in total. The van der Waals surface area contributed by atoms with Gasteiger partial charge in [0.2, 0.25) is 5.91 Å². The smallest absolute Gasteiger partial charge is 0.219 e. The zero-order valence-corrected chi connectivity index (χ0v) is 17.6. The molecule has 0 radical (unpaired) electrons. The van der Waals surface area contributed by atoms with Gasteiger partial charge in [0.15, 0.2) is 6.29 Å². The van der Waals surface area contributed by atoms with Gasteiger partial charge in [-0.15, -0.1) is 0 Å². The molecule has 6 N–H and O–H groups in total. The van der Waals surface area contributed by atoms with Gasteiger partial charge < -0.3 is 49.8 Å². The zero-order valence-electron chi connectivity index (χ0n) is 17.6. The monoisotopic (exact) mass is 437 g/mol. The molecule has 2 aliphatic rings. The fourth-order valence-electron chi connectivity index (χ4n) is 3.58. The maximum atomic E-state index is 11.6. The van der Waals surface area contributed by atoms with E-state index in [1.165, 1.54) is 0 Å². The molecule has 2 aliphatic heterocycles. The summed E-state index contributed by atoms with van der Waals surface area (Å²) >= 11 is 0. The Bertz CT molecular complexity index is 535. The van der Waals surface area contributed by atoms with Crippen LogP contribution in [0.2, 0.25) is 0 Å². The first-order chi connectivity index (χ1) is 14.2. The second kappa shape index (κ2) is 11.7. The number of aliphatic hydroxyl groups is 5. The van der Waals surface area contributed by atoms with E-state index in [9.17, 15) is 30.3 Å². The van der Waals surface area contributed by atoms with Crippen LogP contribution in [-0.2, 0) is 23.7 Å². The Hall–Kier alpha value is -0.890. The van der Waals surface area contributed by atoms with Crippen molar-refractivity contribution >= 4 is 5.91 Å². The lowest BCUT2D eigenvalue weighted by Crippen LogP contribution is -2.65. The summed E-state index contributed by atoms with van der Waals surface area (Å²) in [6.45, 7) is 4.95. The fraction of sp³-hybridized carbons (Fsp3) is 0.947. The van der Waals surface area contributed by atoms with Crippen LogP contribution in [-0.4, -0.2) is 112 Å². The van der Waals surface area contributed by atoms with Gasteiger partial charge in [-0.3, -0.25) is 4.79 Å². The second-order valence-corrected chi connectivity index (χ2v) is 7.66. The Balaban J connectivity index is 2.13. The molecule has 11 heteroatoms. The van der Waals surface area contributed by atoms with Crippen LogP contribution in [0, 0.1) is 0 Å². The third-order valence-electron chi connectivity index (χ3n) is 5.37. The highest BCUT2D eigenvalue weighted by atomic mass is 16.7. The minimum absolute atomic E-state index is 0.00247. The summed E-state index contributed by atoms with van der Waals surface area (Å²) in [5.41, 5.74) is 0. The van der Waals surface area contributed by atoms with Crippen LogP contribution >= 0.6 is 0 Å². The third-order valence-corrected chi connectivity index (χ3v) is 5.37. The third kappa shape index (κ3) is 5.87. The molecule has 2 fully saturated rings. The number of rotatable bonds is 9. The molecule has 0 aliphatic carbocycles. The van der Waals surface area contributed by atoms with Crippen molar-refractivity contribution in [2.24, 2.45) is 0 Å². The van der Waals surface area contributed by atoms with E-state index in [0.717, 1.165) is 0 Å². The Morgan fingerprint density at radius 2 is 1.63 bits per heavy atom. The van der Waals surface area contributed by atoms with Crippen molar-refractivity contribution in [3.05, 3.63) is 0 Å². The average Bonchev–Trinajstić information content (AvgIpc) is 2.74. The number of carbonyl (C=O) groups is 1. The minimum Gasteiger partial charge on any atom is -0.394 e. The number of aliphatic hydroxyl groups excluding tert-OH is 5. The van der Waals surface area contributed by atoms with Gasteiger partial charge in [-0.25, -0.2) is 0 Å². The number of amides is 1. The van der Waals surface area contributed by atoms with E-state index in [1.54, 1.807) is 13.8 Å². The maximum Gasteiger partial charge on any atom is 0.219 e. The van der Waals surface area contributed by atoms with Gasteiger partial charge in [-0.2, -0.15) is 0 Å². The topological polar surface area (TPSA) is 167 Å². The van der Waals surface area contributed by atoms with Gasteiger partial charge in [0.05, 0.1) is 12.7 Å². The highest BCUT2D eigenvalue weighted by molar-refractivity contribution is 5.75. The van der Waals surface area contributed by atoms with Crippen molar-refractivity contribution in [2.75, 3.05) is 19.8 Å². The molecule has 176 valence electrons. The molecule has 30 heavy (non-hydrogen) atoms. The molecule has 2 heterocycles. The molecule has 2 rings (SSSR count). The second-order valence-electron chi connectivity index (χ2n) is 7.66. The largest absolute Gasteiger partial charge is 0.394 e. The summed E-state index contributed by atoms with van der Waals surface area (Å²) < 4.78 is 22.5. The van der Waals surface area contributed by atoms with Crippen molar-refractivity contribution in [3.63, 3.8) is 0 Å². The highest BCUT2D eigenvalue weighted by Crippen LogP contribution is 2.30. The van der Waals surface area contributed by atoms with Crippen LogP contribution in [0.15, 0.2) is 0 Å². The van der Waals surface area contributed by atoms with Gasteiger partial charge in [0.25, 0.3) is 0 Å². The lowest BCUT2D eigenvalue weighted by molar-refractivity contribution is -0.342. The molecule has 0 saturated carbocycles. The lowest BCUT2D eigenvalue weighted by atomic mass is 9.94. The number of ether oxygens (including phenoxy) is 4. The normalized spacial score (nSPS) is 42.1. The molecule has 0 bridgehead atoms. The standard InChI is InChI=1S/C19H35NO10/c1-4-6-27-17-11(8-21)29-19(16(26)15(17)25)30-18-10(7-20-12(22)5-2)28-9(3)13(23)14(18)24/h9-11,13-19,21,23-26H,4-8H2,1-3H3,(H,20,22)/t9-,10-,11-,13+,14-,15-,16-,17?,18?,19-/m1/s1. The van der Waals surface area contributed by atoms with Gasteiger partial charge >= 0.3 is 0 Å². The Kier molecular flexibility index (Phi) is 9.85. The zero-order chi connectivity index (χ0) is 22.4. The summed E-state index contributed by atoms with van der Waals surface area (Å²) in [5, 5.41) is 53.9. The van der Waals surface area contributed by atoms with Crippen molar-refractivity contribution in [2.45, 2.75) is 94.8 Å². The molecular weight excluding hydrogens is 402 g/mol. The van der Waals surface area contributed by atoms with E-state index < -0.39 is 67.8 Å². The van der Waals surface area contributed by atoms with Gasteiger partial charge in [-0.1, -0.05) is 13.8 Å². The molecule has 0 aromatic rings. The number of hydrogen-bond donors (Lipinski definition) is 6. The van der Waals surface area contributed by atoms with E-state index in [-0.39, 0.29) is 18.9 Å². The van der Waals surface area contributed by atoms with Crippen LogP contribution in [0.5, 0.6) is 0 Å². The summed E-state index contributed by atoms with van der Waals surface area (Å²) in [5.74, 6) is -0.230. The summed E-state index contributed by atoms with van der Waals surface area (Å²) in [6, 6.07) is 0. The first-order valence-electron chi connectivity index (χ1n) is 10.4. The first-order valence-corrected chi connectivity index (χ1v) is 10.4. The molecular formula is C19H35NO10. The minimum atomic E-state index is -1.54. The van der Waals surface area contributed by atoms with E-state index in [0.29, 0.717) is 13.0 Å². The van der Waals surface area contributed by atoms with Crippen LogP contribution in [0.1, 0.15) is 33.6 Å². The molecule has 0 aromatic heterocycles. The average molecular weight is 437 g/mol. The van der Waals surface area contributed by atoms with Gasteiger partial charge in [-0.05, 0) is 13.3 Å². The first kappa shape index (κ1) is 25.4. The SMILES string of the molecule is CCCOC1[C@@H](CO)O[C@H](OC2[C@@H](CNC(=O)CC)O[C@H](C)[C@H](O)[C@H]2O)[C@H](O)[C@H]1O. The lowest BCUT2D eigenvalue weighted by Gasteiger charge is -2.46. The quantitative estimate of drug-likeness (QED) is 0.230. The van der Waals surface area contributed by atoms with Crippen LogP contribution in [0.3, 0.4) is 0 Å². The fourth-order valence-corrected chi connectivity index (χ4v) is 3.58. The number of carbonyl (C=O) groups excluding carboxylic acids is 1. The van der Waals surface area contributed by atoms with E-state index in [1.807, 2.05) is 6.92 Å². The number of hydrogen-bond acceptors (Lipinski definition) is 10. The molecule has 0 spiro atoms. The van der Waals surface area contributed by atoms with Crippen molar-refractivity contribution in [1.82, 2.24) is 5.32 Å². The predicted molar refractivity (Wildman–Crippen MR) is 102 cm³/mol. The van der Waals surface area contributed by atoms with E-state index in [4.69, 9.17) is 18.9 Å². The van der Waals surface area contributed by atoms with Crippen LogP contribution in [0.4, 0.5) is 0 Å². The van der Waals surface area contributed by atoms with Crippen molar-refractivity contribution in [1.29, 1.82) is 0 Å². The molecule has 0 aromatic carbocycles. The Morgan fingerprint density at radius 3 is 2.23 bits per heavy atom. The van der Waals surface area contributed by atoms with E-state index >= 15 is 0 Å². The Morgan fingerprint density at radius 1 is 0.967 bits per heavy atom. The van der Waals surface area contributed by atoms with E-state index in [2.05, 4.69) is 5.32 Å².